The van der Waals surface area contributed by atoms with Crippen LogP contribution >= 0.6 is 0 Å². The number of amides is 3. The number of nitrogens with one attached hydrogen (secondary N) is 2. The van der Waals surface area contributed by atoms with E-state index in [9.17, 15) is 22.8 Å². The normalized spacial score (nSPS) is 23.2. The Balaban J connectivity index is 1.66. The largest absolute Gasteiger partial charge is 0.433 e. The lowest BCUT2D eigenvalue weighted by Gasteiger charge is -2.27. The number of urea groups is 1. The van der Waals surface area contributed by atoms with E-state index in [0.29, 0.717) is 13.1 Å². The number of aryl methyl sites for hydroxylation is 1. The summed E-state index contributed by atoms with van der Waals surface area (Å²) in [6, 6.07) is 0.336. The van der Waals surface area contributed by atoms with Crippen LogP contribution in [0.4, 0.5) is 18.0 Å². The van der Waals surface area contributed by atoms with Crippen LogP contribution in [0.25, 0.3) is 0 Å². The number of likely N-dealkylation sites (tertiary alicyclic amines) is 1. The van der Waals surface area contributed by atoms with Crippen molar-refractivity contribution in [3.8, 4) is 0 Å². The van der Waals surface area contributed by atoms with E-state index in [4.69, 9.17) is 0 Å². The first-order chi connectivity index (χ1) is 12.2. The summed E-state index contributed by atoms with van der Waals surface area (Å²) in [7, 11) is 0. The van der Waals surface area contributed by atoms with Crippen molar-refractivity contribution < 1.29 is 22.8 Å². The third-order valence-corrected chi connectivity index (χ3v) is 4.58. The summed E-state index contributed by atoms with van der Waals surface area (Å²) in [5.74, 6) is -0.394. The van der Waals surface area contributed by atoms with Gasteiger partial charge in [-0.15, -0.1) is 0 Å². The molecule has 0 aliphatic carbocycles. The monoisotopic (exact) mass is 371 g/mol. The van der Waals surface area contributed by atoms with Gasteiger partial charge in [-0.05, 0) is 25.8 Å². The van der Waals surface area contributed by atoms with Crippen LogP contribution in [0.2, 0.25) is 0 Å². The minimum atomic E-state index is -4.57. The molecule has 3 amide bonds. The topological polar surface area (TPSA) is 87.2 Å². The van der Waals surface area contributed by atoms with Crippen LogP contribution < -0.4 is 10.6 Å². The first kappa shape index (κ1) is 18.4. The maximum atomic E-state index is 12.8. The predicted molar refractivity (Wildman–Crippen MR) is 84.9 cm³/mol. The van der Waals surface area contributed by atoms with E-state index in [-0.39, 0.29) is 35.9 Å². The average Bonchev–Trinajstić information content (AvgIpc) is 2.79. The molecule has 2 fully saturated rings. The Morgan fingerprint density at radius 1 is 1.35 bits per heavy atom. The minimum absolute atomic E-state index is 0.0420. The quantitative estimate of drug-likeness (QED) is 0.827. The van der Waals surface area contributed by atoms with Crippen molar-refractivity contribution in [2.24, 2.45) is 5.92 Å². The van der Waals surface area contributed by atoms with Crippen molar-refractivity contribution in [2.75, 3.05) is 13.1 Å². The zero-order valence-electron chi connectivity index (χ0n) is 14.3. The predicted octanol–water partition coefficient (Wildman–Crippen LogP) is 1.61. The molecule has 26 heavy (non-hydrogen) atoms. The fourth-order valence-electron chi connectivity index (χ4n) is 3.34. The molecule has 0 radical (unpaired) electrons. The van der Waals surface area contributed by atoms with Gasteiger partial charge < -0.3 is 15.5 Å². The summed E-state index contributed by atoms with van der Waals surface area (Å²) >= 11 is 0. The van der Waals surface area contributed by atoms with E-state index < -0.39 is 17.9 Å². The van der Waals surface area contributed by atoms with E-state index in [1.165, 1.54) is 11.8 Å². The molecule has 142 valence electrons. The second kappa shape index (κ2) is 7.08. The molecule has 7 nitrogen and oxygen atoms in total. The lowest BCUT2D eigenvalue weighted by atomic mass is 9.99. The van der Waals surface area contributed by atoms with Crippen LogP contribution in [-0.2, 0) is 17.5 Å². The molecule has 0 aromatic carbocycles. The number of fused-ring (bicyclic) bond motifs is 3. The first-order valence-corrected chi connectivity index (χ1v) is 8.47. The molecule has 10 heteroatoms. The molecule has 2 aliphatic rings. The molecule has 3 heterocycles. The highest BCUT2D eigenvalue weighted by Gasteiger charge is 2.35. The number of hydrogen-bond acceptors (Lipinski definition) is 4. The van der Waals surface area contributed by atoms with Gasteiger partial charge in [-0.25, -0.2) is 14.8 Å². The molecule has 2 N–H and O–H groups in total. The Kier molecular flexibility index (Phi) is 5.01. The minimum Gasteiger partial charge on any atom is -0.351 e. The Labute approximate surface area is 148 Å². The summed E-state index contributed by atoms with van der Waals surface area (Å²) < 4.78 is 38.5. The summed E-state index contributed by atoms with van der Waals surface area (Å²) in [5, 5.41) is 5.48. The Bertz CT molecular complexity index is 710. The van der Waals surface area contributed by atoms with Gasteiger partial charge in [0.15, 0.2) is 0 Å². The van der Waals surface area contributed by atoms with E-state index in [1.807, 2.05) is 0 Å². The highest BCUT2D eigenvalue weighted by atomic mass is 19.4. The molecule has 2 atom stereocenters. The smallest absolute Gasteiger partial charge is 0.351 e. The highest BCUT2D eigenvalue weighted by molar-refractivity contribution is 5.82. The van der Waals surface area contributed by atoms with Crippen molar-refractivity contribution in [2.45, 2.75) is 44.9 Å². The van der Waals surface area contributed by atoms with Crippen molar-refractivity contribution in [1.29, 1.82) is 0 Å². The van der Waals surface area contributed by atoms with Gasteiger partial charge in [0.25, 0.3) is 0 Å². The molecule has 2 bridgehead atoms. The average molecular weight is 371 g/mol. The van der Waals surface area contributed by atoms with Gasteiger partial charge in [0.05, 0.1) is 12.5 Å². The van der Waals surface area contributed by atoms with Gasteiger partial charge in [0.2, 0.25) is 5.91 Å². The molecule has 0 spiro atoms. The molecular formula is C16H20F3N5O2. The number of halogens is 3. The fraction of sp³-hybridized carbons (Fsp3) is 0.625. The van der Waals surface area contributed by atoms with E-state index in [2.05, 4.69) is 20.6 Å². The number of rotatable bonds is 2. The molecule has 2 aliphatic heterocycles. The molecule has 2 unspecified atom stereocenters. The van der Waals surface area contributed by atoms with Crippen LogP contribution in [0, 0.1) is 12.8 Å². The number of aromatic nitrogens is 2. The van der Waals surface area contributed by atoms with Crippen LogP contribution in [-0.4, -0.2) is 45.9 Å². The Morgan fingerprint density at radius 2 is 2.12 bits per heavy atom. The maximum absolute atomic E-state index is 12.8. The second-order valence-corrected chi connectivity index (χ2v) is 6.71. The SMILES string of the molecule is Cc1cc(C(F)(F)F)nc(CNC(=O)N2CC3CCCC(C2)C(=O)N3)n1. The van der Waals surface area contributed by atoms with Gasteiger partial charge in [0, 0.05) is 24.8 Å². The maximum Gasteiger partial charge on any atom is 0.433 e. The number of carbonyl (C=O) groups excluding carboxylic acids is 2. The zero-order valence-corrected chi connectivity index (χ0v) is 14.3. The molecule has 3 rings (SSSR count). The zero-order chi connectivity index (χ0) is 18.9. The van der Waals surface area contributed by atoms with Gasteiger partial charge in [-0.2, -0.15) is 13.2 Å². The van der Waals surface area contributed by atoms with Crippen molar-refractivity contribution >= 4 is 11.9 Å². The molecule has 1 aromatic heterocycles. The molecule has 0 saturated carbocycles. The lowest BCUT2D eigenvalue weighted by molar-refractivity contribution is -0.141. The summed E-state index contributed by atoms with van der Waals surface area (Å²) in [6.45, 7) is 1.92. The van der Waals surface area contributed by atoms with Gasteiger partial charge >= 0.3 is 12.2 Å². The lowest BCUT2D eigenvalue weighted by Crippen LogP contribution is -2.46. The van der Waals surface area contributed by atoms with Crippen molar-refractivity contribution in [3.63, 3.8) is 0 Å². The molecule has 1 aromatic rings. The standard InChI is InChI=1S/C16H20F3N5O2/c1-9-5-12(16(17,18)19)23-13(21-9)6-20-15(26)24-7-10-3-2-4-11(8-24)22-14(10)25/h5,10-11H,2-4,6-8H2,1H3,(H,20,26)(H,22,25). The van der Waals surface area contributed by atoms with Gasteiger partial charge in [-0.1, -0.05) is 6.42 Å². The van der Waals surface area contributed by atoms with E-state index in [0.717, 1.165) is 25.3 Å². The van der Waals surface area contributed by atoms with E-state index in [1.54, 1.807) is 0 Å². The number of nitrogens with zero attached hydrogens (tertiary/aromatic N) is 3. The van der Waals surface area contributed by atoms with Crippen LogP contribution in [0.5, 0.6) is 0 Å². The number of alkyl halides is 3. The van der Waals surface area contributed by atoms with E-state index >= 15 is 0 Å². The fourth-order valence-corrected chi connectivity index (χ4v) is 3.34. The summed E-state index contributed by atoms with van der Waals surface area (Å²) in [6.07, 6.45) is -2.11. The molecular weight excluding hydrogens is 351 g/mol. The second-order valence-electron chi connectivity index (χ2n) is 6.71. The Morgan fingerprint density at radius 3 is 2.85 bits per heavy atom. The third-order valence-electron chi connectivity index (χ3n) is 4.58. The first-order valence-electron chi connectivity index (χ1n) is 8.47. The third kappa shape index (κ3) is 4.23. The van der Waals surface area contributed by atoms with Crippen LogP contribution in [0.3, 0.4) is 0 Å². The number of carbonyl (C=O) groups is 2. The number of hydrogen-bond donors (Lipinski definition) is 2. The van der Waals surface area contributed by atoms with Crippen LogP contribution in [0.15, 0.2) is 6.07 Å². The van der Waals surface area contributed by atoms with Gasteiger partial charge in [0.1, 0.15) is 11.5 Å². The van der Waals surface area contributed by atoms with Crippen molar-refractivity contribution in [3.05, 3.63) is 23.3 Å². The molecule has 2 saturated heterocycles. The van der Waals surface area contributed by atoms with Crippen molar-refractivity contribution in [1.82, 2.24) is 25.5 Å². The van der Waals surface area contributed by atoms with Crippen LogP contribution in [0.1, 0.15) is 36.5 Å². The van der Waals surface area contributed by atoms with Gasteiger partial charge in [-0.3, -0.25) is 4.79 Å². The summed E-state index contributed by atoms with van der Waals surface area (Å²) in [4.78, 5) is 33.4. The summed E-state index contributed by atoms with van der Waals surface area (Å²) in [5.41, 5.74) is -0.857. The highest BCUT2D eigenvalue weighted by Crippen LogP contribution is 2.27. The Hall–Kier alpha value is -2.39.